The molecule has 1 saturated heterocycles. The van der Waals surface area contributed by atoms with Crippen molar-refractivity contribution in [2.75, 3.05) is 26.2 Å². The molecule has 0 aromatic rings. The van der Waals surface area contributed by atoms with Gasteiger partial charge in [0.2, 0.25) is 0 Å². The Labute approximate surface area is 99.2 Å². The minimum absolute atomic E-state index is 0.254. The molecule has 0 radical (unpaired) electrons. The van der Waals surface area contributed by atoms with Gasteiger partial charge < -0.3 is 10.4 Å². The highest BCUT2D eigenvalue weighted by Gasteiger charge is 2.56. The summed E-state index contributed by atoms with van der Waals surface area (Å²) in [5, 5.41) is 12.4. The molecule has 94 valence electrons. The Bertz CT molecular complexity index is 248. The van der Waals surface area contributed by atoms with Crippen molar-refractivity contribution in [3.8, 4) is 0 Å². The summed E-state index contributed by atoms with van der Waals surface area (Å²) in [6, 6.07) is 0.602. The van der Waals surface area contributed by atoms with Crippen molar-refractivity contribution in [1.82, 2.24) is 10.2 Å². The van der Waals surface area contributed by atoms with Crippen LogP contribution in [-0.4, -0.2) is 47.8 Å². The summed E-state index contributed by atoms with van der Waals surface area (Å²) in [6.45, 7) is 10.4. The largest absolute Gasteiger partial charge is 0.395 e. The lowest BCUT2D eigenvalue weighted by Gasteiger charge is -2.35. The third-order valence-electron chi connectivity index (χ3n) is 4.76. The topological polar surface area (TPSA) is 35.5 Å². The predicted molar refractivity (Wildman–Crippen MR) is 66.5 cm³/mol. The Morgan fingerprint density at radius 3 is 2.62 bits per heavy atom. The predicted octanol–water partition coefficient (Wildman–Crippen LogP) is 1.22. The lowest BCUT2D eigenvalue weighted by atomic mass is 9.99. The minimum Gasteiger partial charge on any atom is -0.395 e. The normalized spacial score (nSPS) is 28.9. The molecule has 1 aliphatic heterocycles. The second-order valence-electron chi connectivity index (χ2n) is 6.14. The van der Waals surface area contributed by atoms with Crippen LogP contribution in [0.1, 0.15) is 40.0 Å². The van der Waals surface area contributed by atoms with Crippen LogP contribution in [0.5, 0.6) is 0 Å². The van der Waals surface area contributed by atoms with Crippen molar-refractivity contribution in [1.29, 1.82) is 0 Å². The molecule has 1 spiro atoms. The van der Waals surface area contributed by atoms with Crippen molar-refractivity contribution in [3.63, 3.8) is 0 Å². The van der Waals surface area contributed by atoms with Crippen LogP contribution in [0, 0.1) is 5.41 Å². The molecule has 1 saturated carbocycles. The first-order valence-electron chi connectivity index (χ1n) is 6.63. The lowest BCUT2D eigenvalue weighted by Crippen LogP contribution is -2.44. The smallest absolute Gasteiger partial charge is 0.0556 e. The molecule has 3 nitrogen and oxygen atoms in total. The van der Waals surface area contributed by atoms with E-state index in [1.807, 2.05) is 0 Å². The number of likely N-dealkylation sites (tertiary alicyclic amines) is 1. The molecule has 1 heterocycles. The summed E-state index contributed by atoms with van der Waals surface area (Å²) in [5.74, 6) is 0. The van der Waals surface area contributed by atoms with Gasteiger partial charge in [-0.05, 0) is 38.5 Å². The molecular formula is C13H26N2O. The number of nitrogens with one attached hydrogen (secondary N) is 1. The van der Waals surface area contributed by atoms with E-state index in [4.69, 9.17) is 5.11 Å². The van der Waals surface area contributed by atoms with E-state index in [2.05, 4.69) is 31.0 Å². The van der Waals surface area contributed by atoms with Gasteiger partial charge in [-0.25, -0.2) is 0 Å². The van der Waals surface area contributed by atoms with Gasteiger partial charge in [0.15, 0.2) is 0 Å². The Hall–Kier alpha value is -0.120. The van der Waals surface area contributed by atoms with Gasteiger partial charge in [0.1, 0.15) is 0 Å². The summed E-state index contributed by atoms with van der Waals surface area (Å²) in [7, 11) is 0. The molecule has 0 aromatic heterocycles. The maximum atomic E-state index is 8.91. The zero-order valence-electron chi connectivity index (χ0n) is 10.9. The van der Waals surface area contributed by atoms with Crippen molar-refractivity contribution >= 4 is 0 Å². The second-order valence-corrected chi connectivity index (χ2v) is 6.14. The average Bonchev–Trinajstić information content (AvgIpc) is 2.92. The summed E-state index contributed by atoms with van der Waals surface area (Å²) < 4.78 is 0. The maximum Gasteiger partial charge on any atom is 0.0556 e. The van der Waals surface area contributed by atoms with Crippen molar-refractivity contribution in [2.45, 2.75) is 51.6 Å². The van der Waals surface area contributed by atoms with Crippen LogP contribution in [0.3, 0.4) is 0 Å². The molecule has 1 aliphatic carbocycles. The Kier molecular flexibility index (Phi) is 3.30. The molecule has 1 unspecified atom stereocenters. The number of rotatable bonds is 5. The highest BCUT2D eigenvalue weighted by molar-refractivity contribution is 5.11. The Morgan fingerprint density at radius 2 is 2.12 bits per heavy atom. The van der Waals surface area contributed by atoms with Gasteiger partial charge in [-0.3, -0.25) is 4.90 Å². The van der Waals surface area contributed by atoms with Gasteiger partial charge in [-0.15, -0.1) is 0 Å². The quantitative estimate of drug-likeness (QED) is 0.740. The van der Waals surface area contributed by atoms with E-state index in [0.29, 0.717) is 17.0 Å². The molecule has 0 bridgehead atoms. The van der Waals surface area contributed by atoms with Gasteiger partial charge in [0, 0.05) is 31.2 Å². The first kappa shape index (κ1) is 12.3. The van der Waals surface area contributed by atoms with Crippen LogP contribution in [0.2, 0.25) is 0 Å². The molecule has 3 heteroatoms. The van der Waals surface area contributed by atoms with Crippen LogP contribution in [0.15, 0.2) is 0 Å². The second kappa shape index (κ2) is 4.28. The molecule has 2 fully saturated rings. The van der Waals surface area contributed by atoms with E-state index in [9.17, 15) is 0 Å². The molecule has 1 atom stereocenters. The first-order chi connectivity index (χ1) is 7.54. The van der Waals surface area contributed by atoms with Crippen molar-refractivity contribution < 1.29 is 5.11 Å². The van der Waals surface area contributed by atoms with Crippen LogP contribution in [0.4, 0.5) is 0 Å². The standard InChI is InChI=1S/C13H26N2O/c1-4-12(2,3)15-9-11(14-7-8-16)13(10-15)5-6-13/h11,14,16H,4-10H2,1-3H3. The highest BCUT2D eigenvalue weighted by Crippen LogP contribution is 2.54. The highest BCUT2D eigenvalue weighted by atomic mass is 16.3. The number of aliphatic hydroxyl groups is 1. The van der Waals surface area contributed by atoms with Crippen LogP contribution < -0.4 is 5.32 Å². The fourth-order valence-electron chi connectivity index (χ4n) is 2.84. The van der Waals surface area contributed by atoms with E-state index in [-0.39, 0.29) is 6.61 Å². The van der Waals surface area contributed by atoms with Crippen LogP contribution >= 0.6 is 0 Å². The number of hydrogen-bond donors (Lipinski definition) is 2. The summed E-state index contributed by atoms with van der Waals surface area (Å²) >= 11 is 0. The molecule has 2 aliphatic rings. The van der Waals surface area contributed by atoms with Crippen LogP contribution in [0.25, 0.3) is 0 Å². The van der Waals surface area contributed by atoms with E-state index in [1.165, 1.54) is 25.8 Å². The number of hydrogen-bond acceptors (Lipinski definition) is 3. The zero-order valence-corrected chi connectivity index (χ0v) is 10.9. The molecule has 2 rings (SSSR count). The third-order valence-corrected chi connectivity index (χ3v) is 4.76. The van der Waals surface area contributed by atoms with E-state index < -0.39 is 0 Å². The van der Waals surface area contributed by atoms with E-state index >= 15 is 0 Å². The van der Waals surface area contributed by atoms with Crippen molar-refractivity contribution in [2.24, 2.45) is 5.41 Å². The number of nitrogens with zero attached hydrogens (tertiary/aromatic N) is 1. The maximum absolute atomic E-state index is 8.91. The molecule has 0 amide bonds. The van der Waals surface area contributed by atoms with Crippen molar-refractivity contribution in [3.05, 3.63) is 0 Å². The molecular weight excluding hydrogens is 200 g/mol. The van der Waals surface area contributed by atoms with Gasteiger partial charge >= 0.3 is 0 Å². The lowest BCUT2D eigenvalue weighted by molar-refractivity contribution is 0.140. The zero-order chi connectivity index (χ0) is 11.8. The van der Waals surface area contributed by atoms with Gasteiger partial charge in [0.05, 0.1) is 6.61 Å². The summed E-state index contributed by atoms with van der Waals surface area (Å²) in [6.07, 6.45) is 3.94. The summed E-state index contributed by atoms with van der Waals surface area (Å²) in [5.41, 5.74) is 0.868. The van der Waals surface area contributed by atoms with E-state index in [1.54, 1.807) is 0 Å². The van der Waals surface area contributed by atoms with E-state index in [0.717, 1.165) is 13.1 Å². The third kappa shape index (κ3) is 2.13. The molecule has 2 N–H and O–H groups in total. The molecule has 16 heavy (non-hydrogen) atoms. The number of aliphatic hydroxyl groups excluding tert-OH is 1. The minimum atomic E-state index is 0.254. The van der Waals surface area contributed by atoms with Gasteiger partial charge in [0.25, 0.3) is 0 Å². The average molecular weight is 226 g/mol. The first-order valence-corrected chi connectivity index (χ1v) is 6.63. The van der Waals surface area contributed by atoms with Gasteiger partial charge in [-0.1, -0.05) is 6.92 Å². The summed E-state index contributed by atoms with van der Waals surface area (Å²) in [4.78, 5) is 2.63. The monoisotopic (exact) mass is 226 g/mol. The Balaban J connectivity index is 1.97. The van der Waals surface area contributed by atoms with Gasteiger partial charge in [-0.2, -0.15) is 0 Å². The van der Waals surface area contributed by atoms with Crippen LogP contribution in [-0.2, 0) is 0 Å². The SMILES string of the molecule is CCC(C)(C)N1CC(NCCO)C2(CC2)C1. The Morgan fingerprint density at radius 1 is 1.44 bits per heavy atom. The fraction of sp³-hybridized carbons (Fsp3) is 1.00. The fourth-order valence-corrected chi connectivity index (χ4v) is 2.84. The molecule has 0 aromatic carbocycles.